The molecule has 7 aromatic heterocycles. The molecule has 0 aliphatic carbocycles. The average Bonchev–Trinajstić information content (AvgIpc) is 1.71. The van der Waals surface area contributed by atoms with Gasteiger partial charge in [-0.3, -0.25) is 4.79 Å². The second-order valence-corrected chi connectivity index (χ2v) is 25.8. The second kappa shape index (κ2) is 52.2. The van der Waals surface area contributed by atoms with E-state index in [0.717, 1.165) is 5.56 Å². The molecule has 120 heavy (non-hydrogen) atoms. The molecule has 0 aliphatic rings. The number of phenolic OH excluding ortho intramolecular Hbond substituents is 1. The molecular formula is C80H61Cl10FN12O17. The van der Waals surface area contributed by atoms with Gasteiger partial charge in [0.15, 0.2) is 17.5 Å². The van der Waals surface area contributed by atoms with E-state index in [4.69, 9.17) is 171 Å². The van der Waals surface area contributed by atoms with Gasteiger partial charge in [-0.25, -0.2) is 49.1 Å². The SMILES string of the molecule is COC(=O)c1ccc(O)cc1.COC(=O)c1ccc(Oc2ccc(Cl)cn2)cc1.ClCc1noc(-c2ccc(Oc3ccc(Cl)cn3)cc2)n1.Fc1ccc(Cl)cn1.N/C(CCl)=N/OC(=O)c1ccc(Oc2ccc(Cl)cn2)cc1.N/C(CCl)=N\O.O=C(Cl)c1ccc(Oc2ccc(Cl)cn2)cc1.O=C(O)c1ccc(Oc2ccc(Cl)cn2)cc1. The number of halogens is 11. The van der Waals surface area contributed by atoms with E-state index in [2.05, 4.69) is 64.7 Å². The molecule has 0 radical (unpaired) electrons. The summed E-state index contributed by atoms with van der Waals surface area (Å²) in [5.74, 6) is 3.38. The van der Waals surface area contributed by atoms with Gasteiger partial charge in [-0.2, -0.15) is 9.37 Å². The van der Waals surface area contributed by atoms with Crippen LogP contribution in [0.2, 0.25) is 30.1 Å². The van der Waals surface area contributed by atoms with Crippen molar-refractivity contribution in [2.45, 2.75) is 5.88 Å². The van der Waals surface area contributed by atoms with Crippen LogP contribution in [-0.4, -0.2) is 122 Å². The quantitative estimate of drug-likeness (QED) is 0.00544. The summed E-state index contributed by atoms with van der Waals surface area (Å²) in [5, 5.41) is 37.6. The largest absolute Gasteiger partial charge is 0.508 e. The minimum atomic E-state index is -0.971. The molecule has 0 bridgehead atoms. The number of carboxylic acids is 1. The lowest BCUT2D eigenvalue weighted by Gasteiger charge is -2.05. The fourth-order valence-electron chi connectivity index (χ4n) is 7.84. The highest BCUT2D eigenvalue weighted by Crippen LogP contribution is 2.29. The highest BCUT2D eigenvalue weighted by Gasteiger charge is 2.13. The van der Waals surface area contributed by atoms with Gasteiger partial charge in [-0.15, -0.1) is 34.8 Å². The number of hydrogen-bond acceptors (Lipinski definition) is 26. The summed E-state index contributed by atoms with van der Waals surface area (Å²) in [5.41, 5.74) is 12.8. The van der Waals surface area contributed by atoms with E-state index >= 15 is 0 Å². The molecule has 0 fully saturated rings. The van der Waals surface area contributed by atoms with Crippen LogP contribution in [-0.2, 0) is 20.2 Å². The Labute approximate surface area is 732 Å². The van der Waals surface area contributed by atoms with Crippen LogP contribution in [0.4, 0.5) is 4.39 Å². The smallest absolute Gasteiger partial charge is 0.365 e. The number of ether oxygens (including phenoxy) is 7. The second-order valence-electron chi connectivity index (χ2n) is 22.1. The molecule has 40 heteroatoms. The van der Waals surface area contributed by atoms with Crippen LogP contribution in [0.1, 0.15) is 57.6 Å². The Balaban J connectivity index is 0.000000218. The minimum absolute atomic E-state index is 0.0174. The average molecular weight is 1840 g/mol. The van der Waals surface area contributed by atoms with E-state index in [1.165, 1.54) is 112 Å². The number of carboxylic acid groups (broad SMARTS) is 1. The van der Waals surface area contributed by atoms with E-state index in [0.29, 0.717) is 122 Å². The summed E-state index contributed by atoms with van der Waals surface area (Å²) in [6.45, 7) is 0. The zero-order valence-electron chi connectivity index (χ0n) is 61.7. The van der Waals surface area contributed by atoms with Gasteiger partial charge in [-0.1, -0.05) is 85.1 Å². The normalized spacial score (nSPS) is 10.2. The monoisotopic (exact) mass is 1830 g/mol. The predicted octanol–water partition coefficient (Wildman–Crippen LogP) is 21.0. The molecule has 13 aromatic rings. The number of rotatable bonds is 20. The molecule has 0 saturated carbocycles. The number of oxime groups is 2. The summed E-state index contributed by atoms with van der Waals surface area (Å²) in [6.07, 6.45) is 8.73. The molecule has 7 heterocycles. The first kappa shape index (κ1) is 96.1. The maximum absolute atomic E-state index is 11.9. The molecule has 0 spiro atoms. The van der Waals surface area contributed by atoms with Gasteiger partial charge in [-0.05, 0) is 200 Å². The maximum Gasteiger partial charge on any atom is 0.365 e. The highest BCUT2D eigenvalue weighted by atomic mass is 35.5. The van der Waals surface area contributed by atoms with Crippen LogP contribution in [0, 0.1) is 5.95 Å². The van der Waals surface area contributed by atoms with Crippen molar-refractivity contribution < 1.29 is 86.3 Å². The topological polar surface area (TPSA) is 413 Å². The Bertz CT molecular complexity index is 5270. The number of amidine groups is 2. The van der Waals surface area contributed by atoms with E-state index in [9.17, 15) is 28.4 Å². The summed E-state index contributed by atoms with van der Waals surface area (Å²) in [7, 11) is 2.65. The number of aromatic hydroxyl groups is 1. The van der Waals surface area contributed by atoms with Crippen molar-refractivity contribution in [2.75, 3.05) is 26.0 Å². The van der Waals surface area contributed by atoms with E-state index in [-0.39, 0.29) is 46.6 Å². The van der Waals surface area contributed by atoms with Crippen LogP contribution in [0.5, 0.6) is 63.9 Å². The van der Waals surface area contributed by atoms with Crippen molar-refractivity contribution in [3.05, 3.63) is 325 Å². The van der Waals surface area contributed by atoms with Gasteiger partial charge in [0.25, 0.3) is 11.1 Å². The van der Waals surface area contributed by atoms with Crippen molar-refractivity contribution in [1.82, 2.24) is 40.0 Å². The molecule has 6 aromatic carbocycles. The molecule has 0 saturated heterocycles. The molecule has 0 atom stereocenters. The van der Waals surface area contributed by atoms with Gasteiger partial charge >= 0.3 is 23.9 Å². The number of hydrogen-bond donors (Lipinski definition) is 5. The lowest BCUT2D eigenvalue weighted by atomic mass is 10.2. The van der Waals surface area contributed by atoms with Crippen molar-refractivity contribution in [3.63, 3.8) is 0 Å². The maximum atomic E-state index is 11.9. The lowest BCUT2D eigenvalue weighted by Crippen LogP contribution is -2.15. The van der Waals surface area contributed by atoms with Gasteiger partial charge in [0.05, 0.1) is 84.2 Å². The number of methoxy groups -OCH3 is 2. The minimum Gasteiger partial charge on any atom is -0.508 e. The number of carbonyl (C=O) groups is 5. The summed E-state index contributed by atoms with van der Waals surface area (Å²) >= 11 is 55.4. The van der Waals surface area contributed by atoms with E-state index in [1.807, 2.05) is 12.1 Å². The number of carbonyl (C=O) groups excluding carboxylic acids is 4. The van der Waals surface area contributed by atoms with Crippen LogP contribution in [0.3, 0.4) is 0 Å². The lowest BCUT2D eigenvalue weighted by molar-refractivity contribution is 0.0513. The summed E-state index contributed by atoms with van der Waals surface area (Å²) < 4.78 is 53.5. The first-order valence-corrected chi connectivity index (χ1v) is 37.5. The summed E-state index contributed by atoms with van der Waals surface area (Å²) in [6, 6.07) is 57.8. The van der Waals surface area contributed by atoms with Gasteiger partial charge in [0.2, 0.25) is 35.3 Å². The molecule has 0 amide bonds. The van der Waals surface area contributed by atoms with Crippen LogP contribution in [0.15, 0.2) is 270 Å². The number of esters is 2. The Morgan fingerprint density at radius 3 is 0.983 bits per heavy atom. The molecule has 0 aliphatic heterocycles. The van der Waals surface area contributed by atoms with Crippen molar-refractivity contribution in [3.8, 4) is 75.4 Å². The number of aromatic carboxylic acids is 1. The van der Waals surface area contributed by atoms with Gasteiger partial charge in [0.1, 0.15) is 34.5 Å². The zero-order chi connectivity index (χ0) is 87.3. The van der Waals surface area contributed by atoms with Crippen molar-refractivity contribution >= 4 is 157 Å². The summed E-state index contributed by atoms with van der Waals surface area (Å²) in [4.78, 5) is 87.3. The standard InChI is InChI=1S/C14H11Cl2N3O3.C14H9Cl2N3O2.C13H10ClNO3.C12H7Cl2NO2.C12H8ClNO3.C8H8O3.C5H3ClFN.C2H5ClN2O/c15-7-12(17)19-22-14(20)9-1-4-11(5-2-9)21-13-6-3-10(16)8-18-13;15-7-12-18-14(21-19-12)9-1-4-11(5-2-9)20-13-6-3-10(16)8-17-13;1-17-13(16)9-2-5-11(6-3-9)18-12-7-4-10(14)8-15-12;13-9-3-6-11(15-7-9)17-10-4-1-8(2-5-10)12(14)16;13-9-3-6-11(14-7-9)17-10-4-1-8(2-5-10)12(15)16;1-11-8(10)6-2-4-7(9)5-3-6;6-4-1-2-5(7)8-3-4;3-1-2(4)5-6/h1-6,8H,7H2,(H2,17,19);1-6,8H,7H2;2-8H,1H3;1-7H;1-7H,(H,15,16);2-5,9H,1H3;1-3H;6H,1H2,(H2,4,5). The van der Waals surface area contributed by atoms with Crippen molar-refractivity contribution in [1.29, 1.82) is 0 Å². The third-order valence-electron chi connectivity index (χ3n) is 13.5. The molecule has 7 N–H and O–H groups in total. The Morgan fingerprint density at radius 1 is 0.417 bits per heavy atom. The molecular weight excluding hydrogens is 1770 g/mol. The first-order chi connectivity index (χ1) is 57.6. The van der Waals surface area contributed by atoms with E-state index < -0.39 is 29.1 Å². The third kappa shape index (κ3) is 36.4. The fraction of sp³-hybridized carbons (Fsp3) is 0.0625. The van der Waals surface area contributed by atoms with Crippen LogP contribution in [0.25, 0.3) is 11.5 Å². The fourth-order valence-corrected chi connectivity index (χ4v) is 8.85. The number of benzene rings is 6. The Hall–Kier alpha value is -12.7. The third-order valence-corrected chi connectivity index (χ3v) is 15.8. The molecule has 620 valence electrons. The van der Waals surface area contributed by atoms with Crippen LogP contribution < -0.4 is 35.2 Å². The van der Waals surface area contributed by atoms with Gasteiger partial charge in [0, 0.05) is 78.6 Å². The highest BCUT2D eigenvalue weighted by molar-refractivity contribution is 6.67. The molecule has 13 rings (SSSR count). The Morgan fingerprint density at radius 2 is 0.725 bits per heavy atom. The molecule has 0 unspecified atom stereocenters. The number of pyridine rings is 6. The first-order valence-electron chi connectivity index (χ1n) is 33.3. The zero-order valence-corrected chi connectivity index (χ0v) is 69.3. The van der Waals surface area contributed by atoms with Gasteiger partial charge < -0.3 is 69.4 Å². The van der Waals surface area contributed by atoms with Crippen molar-refractivity contribution in [2.24, 2.45) is 21.8 Å². The number of alkyl halides is 3. The molecule has 29 nitrogen and oxygen atoms in total. The van der Waals surface area contributed by atoms with Crippen LogP contribution >= 0.6 is 116 Å². The van der Waals surface area contributed by atoms with E-state index in [1.54, 1.807) is 146 Å². The number of nitrogens with zero attached hydrogens (tertiary/aromatic N) is 10. The number of aromatic nitrogens is 8. The Kier molecular flexibility index (Phi) is 41.8. The number of phenols is 1. The number of nitrogens with two attached hydrogens (primary N) is 2. The predicted molar refractivity (Wildman–Crippen MR) is 451 cm³/mol.